The first-order valence-electron chi connectivity index (χ1n) is 2.73. The minimum atomic E-state index is -0.418. The standard InChI is InChI=1S/C7H6O2S.Na.H/c8-6-4-2-1-3-5(6)7(9)10;;/h1-4,8H,(H,9,10);;/q;+1;-1. The van der Waals surface area contributed by atoms with Gasteiger partial charge in [-0.1, -0.05) is 12.1 Å². The number of phenols is 1. The van der Waals surface area contributed by atoms with Gasteiger partial charge >= 0.3 is 29.6 Å². The number of phenolic OH excluding ortho intramolecular Hbond substituents is 1. The van der Waals surface area contributed by atoms with Crippen LogP contribution in [0.1, 0.15) is 11.8 Å². The zero-order valence-electron chi connectivity index (χ0n) is 7.11. The van der Waals surface area contributed by atoms with E-state index in [0.717, 1.165) is 0 Å². The predicted molar refractivity (Wildman–Crippen MR) is 42.5 cm³/mol. The molecule has 0 amide bonds. The molecule has 4 heteroatoms. The summed E-state index contributed by atoms with van der Waals surface area (Å²) in [6, 6.07) is 6.28. The molecular weight excluding hydrogens is 171 g/mol. The second-order valence-electron chi connectivity index (χ2n) is 1.82. The van der Waals surface area contributed by atoms with Crippen molar-refractivity contribution in [3.63, 3.8) is 0 Å². The summed E-state index contributed by atoms with van der Waals surface area (Å²) in [5.41, 5.74) is 0.242. The van der Waals surface area contributed by atoms with Gasteiger partial charge < -0.3 is 6.53 Å². The molecule has 1 N–H and O–H groups in total. The van der Waals surface area contributed by atoms with Crippen molar-refractivity contribution in [2.45, 2.75) is 0 Å². The summed E-state index contributed by atoms with van der Waals surface area (Å²) in [5, 5.41) is 8.59. The van der Waals surface area contributed by atoms with Crippen molar-refractivity contribution in [1.82, 2.24) is 0 Å². The molecule has 0 heterocycles. The number of carbonyl (C=O) groups excluding carboxylic acids is 1. The molecule has 1 aromatic carbocycles. The van der Waals surface area contributed by atoms with Crippen LogP contribution in [-0.2, 0) is 0 Å². The Morgan fingerprint density at radius 3 is 2.36 bits per heavy atom. The summed E-state index contributed by atoms with van der Waals surface area (Å²) >= 11 is 3.56. The van der Waals surface area contributed by atoms with Crippen LogP contribution in [0.5, 0.6) is 5.75 Å². The maximum Gasteiger partial charge on any atom is 1.00 e. The van der Waals surface area contributed by atoms with E-state index in [1.54, 1.807) is 12.1 Å². The Morgan fingerprint density at radius 1 is 1.45 bits per heavy atom. The maximum atomic E-state index is 10.6. The Hall–Kier alpha value is 0.0400. The summed E-state index contributed by atoms with van der Waals surface area (Å²) in [4.78, 5) is 10.6. The van der Waals surface area contributed by atoms with E-state index in [1.165, 1.54) is 12.1 Å². The summed E-state index contributed by atoms with van der Waals surface area (Å²) in [6.07, 6.45) is 0. The Balaban J connectivity index is 0. The van der Waals surface area contributed by atoms with Crippen molar-refractivity contribution in [3.05, 3.63) is 29.8 Å². The molecule has 0 bridgehead atoms. The fraction of sp³-hybridized carbons (Fsp3) is 0. The molecule has 0 aromatic heterocycles. The van der Waals surface area contributed by atoms with Gasteiger partial charge in [0.2, 0.25) is 5.12 Å². The molecule has 1 rings (SSSR count). The van der Waals surface area contributed by atoms with Gasteiger partial charge in [-0.2, -0.15) is 0 Å². The van der Waals surface area contributed by atoms with E-state index in [0.29, 0.717) is 0 Å². The van der Waals surface area contributed by atoms with Gasteiger partial charge in [-0.05, 0) is 12.1 Å². The van der Waals surface area contributed by atoms with Crippen molar-refractivity contribution in [3.8, 4) is 5.75 Å². The van der Waals surface area contributed by atoms with Gasteiger partial charge in [0.1, 0.15) is 5.75 Å². The first-order chi connectivity index (χ1) is 4.72. The molecule has 54 valence electrons. The molecule has 0 spiro atoms. The number of para-hydroxylation sites is 1. The normalized spacial score (nSPS) is 8.45. The van der Waals surface area contributed by atoms with Crippen molar-refractivity contribution in [1.29, 1.82) is 0 Å². The van der Waals surface area contributed by atoms with E-state index in [2.05, 4.69) is 12.6 Å². The van der Waals surface area contributed by atoms with Gasteiger partial charge in [-0.3, -0.25) is 4.79 Å². The first kappa shape index (κ1) is 11.0. The topological polar surface area (TPSA) is 37.3 Å². The Bertz CT molecular complexity index is 267. The average molecular weight is 178 g/mol. The van der Waals surface area contributed by atoms with E-state index < -0.39 is 5.12 Å². The molecule has 0 radical (unpaired) electrons. The van der Waals surface area contributed by atoms with Crippen LogP contribution in [0.2, 0.25) is 0 Å². The van der Waals surface area contributed by atoms with Gasteiger partial charge in [0, 0.05) is 0 Å². The van der Waals surface area contributed by atoms with Gasteiger partial charge in [0.25, 0.3) is 0 Å². The average Bonchev–Trinajstić information content (AvgIpc) is 1.88. The first-order valence-corrected chi connectivity index (χ1v) is 3.18. The molecule has 2 nitrogen and oxygen atoms in total. The van der Waals surface area contributed by atoms with E-state index in [-0.39, 0.29) is 42.3 Å². The monoisotopic (exact) mass is 178 g/mol. The quantitative estimate of drug-likeness (QED) is 0.409. The Morgan fingerprint density at radius 2 is 2.00 bits per heavy atom. The van der Waals surface area contributed by atoms with Crippen LogP contribution in [0.3, 0.4) is 0 Å². The van der Waals surface area contributed by atoms with Crippen LogP contribution in [0.25, 0.3) is 0 Å². The van der Waals surface area contributed by atoms with Crippen molar-refractivity contribution in [2.75, 3.05) is 0 Å². The number of benzene rings is 1. The van der Waals surface area contributed by atoms with Crippen molar-refractivity contribution >= 4 is 17.7 Å². The zero-order chi connectivity index (χ0) is 7.56. The van der Waals surface area contributed by atoms with Crippen LogP contribution < -0.4 is 29.6 Å². The number of rotatable bonds is 1. The fourth-order valence-corrected chi connectivity index (χ4v) is 0.844. The minimum absolute atomic E-state index is 0. The molecule has 0 fully saturated rings. The number of thiol groups is 1. The fourth-order valence-electron chi connectivity index (χ4n) is 0.654. The van der Waals surface area contributed by atoms with E-state index in [9.17, 15) is 4.79 Å². The van der Waals surface area contributed by atoms with E-state index in [4.69, 9.17) is 5.11 Å². The van der Waals surface area contributed by atoms with Gasteiger partial charge in [0.05, 0.1) is 5.56 Å². The third-order valence-electron chi connectivity index (χ3n) is 1.13. The molecule has 0 unspecified atom stereocenters. The maximum absolute atomic E-state index is 10.6. The largest absolute Gasteiger partial charge is 1.00 e. The SMILES string of the molecule is O=C(S)c1ccccc1O.[H-].[Na+]. The summed E-state index contributed by atoms with van der Waals surface area (Å²) in [7, 11) is 0. The third kappa shape index (κ3) is 2.87. The molecule has 0 saturated heterocycles. The van der Waals surface area contributed by atoms with Crippen LogP contribution in [-0.4, -0.2) is 10.2 Å². The smallest absolute Gasteiger partial charge is 1.00 e. The molecule has 0 atom stereocenters. The molecule has 11 heavy (non-hydrogen) atoms. The van der Waals surface area contributed by atoms with Crippen LogP contribution in [0.4, 0.5) is 0 Å². The number of aromatic hydroxyl groups is 1. The Labute approximate surface area is 93.8 Å². The van der Waals surface area contributed by atoms with Gasteiger partial charge in [-0.15, -0.1) is 12.6 Å². The van der Waals surface area contributed by atoms with Crippen LogP contribution in [0.15, 0.2) is 24.3 Å². The van der Waals surface area contributed by atoms with Crippen molar-refractivity contribution < 1.29 is 40.9 Å². The number of hydrogen-bond acceptors (Lipinski definition) is 2. The molecular formula is C7H7NaO2S. The van der Waals surface area contributed by atoms with Crippen LogP contribution in [0, 0.1) is 0 Å². The molecule has 0 aliphatic carbocycles. The predicted octanol–water partition coefficient (Wildman–Crippen LogP) is -1.42. The second kappa shape index (κ2) is 4.83. The van der Waals surface area contributed by atoms with Crippen molar-refractivity contribution in [2.24, 2.45) is 0 Å². The molecule has 1 aromatic rings. The Kier molecular flexibility index (Phi) is 4.84. The minimum Gasteiger partial charge on any atom is -1.00 e. The van der Waals surface area contributed by atoms with E-state index >= 15 is 0 Å². The summed E-state index contributed by atoms with van der Waals surface area (Å²) in [5.74, 6) is -0.0255. The molecule has 0 aliphatic heterocycles. The second-order valence-corrected chi connectivity index (χ2v) is 2.23. The molecule has 0 aliphatic rings. The number of hydrogen-bond donors (Lipinski definition) is 2. The van der Waals surface area contributed by atoms with Gasteiger partial charge in [0.15, 0.2) is 0 Å². The van der Waals surface area contributed by atoms with Crippen LogP contribution >= 0.6 is 12.6 Å². The van der Waals surface area contributed by atoms with E-state index in [1.807, 2.05) is 0 Å². The zero-order valence-corrected chi connectivity index (χ0v) is 9.01. The third-order valence-corrected chi connectivity index (χ3v) is 1.38. The number of carbonyl (C=O) groups is 1. The summed E-state index contributed by atoms with van der Waals surface area (Å²) < 4.78 is 0. The molecule has 0 saturated carbocycles. The summed E-state index contributed by atoms with van der Waals surface area (Å²) in [6.45, 7) is 0. The van der Waals surface area contributed by atoms with Gasteiger partial charge in [-0.25, -0.2) is 0 Å².